The van der Waals surface area contributed by atoms with E-state index in [1.165, 1.54) is 0 Å². The van der Waals surface area contributed by atoms with Gasteiger partial charge in [-0.15, -0.1) is 0 Å². The fourth-order valence-electron chi connectivity index (χ4n) is 2.32. The molecule has 0 saturated heterocycles. The molecule has 0 rings (SSSR count). The van der Waals surface area contributed by atoms with Crippen molar-refractivity contribution in [3.05, 3.63) is 0 Å². The number of imide groups is 1. The summed E-state index contributed by atoms with van der Waals surface area (Å²) in [6, 6.07) is 0. The van der Waals surface area contributed by atoms with Crippen LogP contribution in [0, 0.1) is 0 Å². The predicted molar refractivity (Wildman–Crippen MR) is 112 cm³/mol. The van der Waals surface area contributed by atoms with E-state index in [0.29, 0.717) is 32.8 Å². The third-order valence-electron chi connectivity index (χ3n) is 4.20. The average Bonchev–Trinajstić information content (AvgIpc) is 2.70. The molecule has 170 valence electrons. The Hall–Kier alpha value is -1.99. The normalized spacial score (nSPS) is 10.3. The van der Waals surface area contributed by atoms with E-state index >= 15 is 0 Å². The molecule has 8 heteroatoms. The molecule has 0 bridgehead atoms. The topological polar surface area (TPSA) is 94.2 Å². The number of rotatable bonds is 16. The van der Waals surface area contributed by atoms with Gasteiger partial charge in [-0.1, -0.05) is 52.9 Å². The Labute approximate surface area is 175 Å². The largest absolute Gasteiger partial charge is 0.450 e. The number of ether oxygens (including phenoxy) is 3. The third kappa shape index (κ3) is 15.6. The molecular formula is C21H40N2O6. The fraction of sp³-hybridized carbons (Fsp3) is 0.857. The van der Waals surface area contributed by atoms with Crippen LogP contribution in [0.15, 0.2) is 0 Å². The highest BCUT2D eigenvalue weighted by atomic mass is 16.6. The number of unbranched alkanes of at least 4 members (excludes halogenated alkanes) is 6. The molecule has 0 aliphatic rings. The van der Waals surface area contributed by atoms with Gasteiger partial charge in [0.15, 0.2) is 0 Å². The van der Waals surface area contributed by atoms with E-state index in [2.05, 4.69) is 5.32 Å². The van der Waals surface area contributed by atoms with Crippen LogP contribution < -0.4 is 5.32 Å². The summed E-state index contributed by atoms with van der Waals surface area (Å²) >= 11 is 0. The number of alkyl carbamates (subject to hydrolysis) is 1. The first-order valence-corrected chi connectivity index (χ1v) is 11.1. The second-order valence-electron chi connectivity index (χ2n) is 6.92. The van der Waals surface area contributed by atoms with Crippen molar-refractivity contribution in [2.75, 3.05) is 32.9 Å². The SMILES string of the molecule is CCCCOC(=O)NCCCCCCN(C(=O)OCCCC)C(=O)OCCCC. The minimum atomic E-state index is -0.642. The van der Waals surface area contributed by atoms with E-state index in [1.54, 1.807) is 0 Å². The second kappa shape index (κ2) is 19.3. The molecule has 0 spiro atoms. The van der Waals surface area contributed by atoms with Crippen LogP contribution in [-0.2, 0) is 14.2 Å². The summed E-state index contributed by atoms with van der Waals surface area (Å²) in [6.07, 6.45) is 6.71. The van der Waals surface area contributed by atoms with Gasteiger partial charge < -0.3 is 19.5 Å². The van der Waals surface area contributed by atoms with Crippen LogP contribution in [0.1, 0.15) is 85.0 Å². The maximum absolute atomic E-state index is 12.2. The van der Waals surface area contributed by atoms with Crippen molar-refractivity contribution in [1.29, 1.82) is 0 Å². The number of amides is 3. The van der Waals surface area contributed by atoms with Gasteiger partial charge in [-0.2, -0.15) is 0 Å². The molecule has 0 saturated carbocycles. The van der Waals surface area contributed by atoms with Gasteiger partial charge in [-0.05, 0) is 32.1 Å². The van der Waals surface area contributed by atoms with E-state index in [0.717, 1.165) is 62.7 Å². The van der Waals surface area contributed by atoms with Gasteiger partial charge in [-0.3, -0.25) is 0 Å². The number of nitrogens with one attached hydrogen (secondary N) is 1. The standard InChI is InChI=1S/C21H40N2O6/c1-4-7-16-27-19(24)22-14-12-10-11-13-15-23(20(25)28-17-8-5-2)21(26)29-18-9-6-3/h4-18H2,1-3H3,(H,22,24). The van der Waals surface area contributed by atoms with Gasteiger partial charge >= 0.3 is 18.3 Å². The van der Waals surface area contributed by atoms with Crippen LogP contribution in [0.3, 0.4) is 0 Å². The van der Waals surface area contributed by atoms with Crippen LogP contribution in [0.25, 0.3) is 0 Å². The highest BCUT2D eigenvalue weighted by Gasteiger charge is 2.23. The highest BCUT2D eigenvalue weighted by molar-refractivity contribution is 5.87. The Morgan fingerprint density at radius 1 is 0.655 bits per heavy atom. The van der Waals surface area contributed by atoms with E-state index in [1.807, 2.05) is 20.8 Å². The molecule has 0 aliphatic carbocycles. The van der Waals surface area contributed by atoms with Gasteiger partial charge in [0.2, 0.25) is 0 Å². The molecule has 0 aromatic heterocycles. The van der Waals surface area contributed by atoms with Crippen LogP contribution in [0.5, 0.6) is 0 Å². The first kappa shape index (κ1) is 27.0. The zero-order chi connectivity index (χ0) is 21.7. The summed E-state index contributed by atoms with van der Waals surface area (Å²) in [5.41, 5.74) is 0. The maximum atomic E-state index is 12.2. The van der Waals surface area contributed by atoms with Crippen molar-refractivity contribution in [2.45, 2.75) is 85.0 Å². The zero-order valence-corrected chi connectivity index (χ0v) is 18.5. The number of carbonyl (C=O) groups is 3. The molecule has 1 N–H and O–H groups in total. The lowest BCUT2D eigenvalue weighted by molar-refractivity contribution is 0.0746. The summed E-state index contributed by atoms with van der Waals surface area (Å²) in [5.74, 6) is 0. The number of hydrogen-bond acceptors (Lipinski definition) is 6. The minimum absolute atomic E-state index is 0.266. The van der Waals surface area contributed by atoms with E-state index in [-0.39, 0.29) is 12.6 Å². The van der Waals surface area contributed by atoms with Crippen molar-refractivity contribution < 1.29 is 28.6 Å². The quantitative estimate of drug-likeness (QED) is 0.273. The fourth-order valence-corrected chi connectivity index (χ4v) is 2.32. The van der Waals surface area contributed by atoms with Crippen LogP contribution in [0.4, 0.5) is 14.4 Å². The van der Waals surface area contributed by atoms with Gasteiger partial charge in [0, 0.05) is 13.1 Å². The lowest BCUT2D eigenvalue weighted by Crippen LogP contribution is -2.38. The molecule has 0 fully saturated rings. The predicted octanol–water partition coefficient (Wildman–Crippen LogP) is 5.25. The number of carbonyl (C=O) groups excluding carboxylic acids is 3. The second-order valence-corrected chi connectivity index (χ2v) is 6.92. The van der Waals surface area contributed by atoms with Crippen molar-refractivity contribution in [2.24, 2.45) is 0 Å². The summed E-state index contributed by atoms with van der Waals surface area (Å²) in [5, 5.41) is 2.72. The molecule has 0 atom stereocenters. The average molecular weight is 417 g/mol. The van der Waals surface area contributed by atoms with Crippen molar-refractivity contribution in [1.82, 2.24) is 10.2 Å². The zero-order valence-electron chi connectivity index (χ0n) is 18.5. The molecule has 0 heterocycles. The smallest absolute Gasteiger partial charge is 0.419 e. The molecule has 0 aliphatic heterocycles. The van der Waals surface area contributed by atoms with Crippen LogP contribution in [-0.4, -0.2) is 56.1 Å². The van der Waals surface area contributed by atoms with Crippen molar-refractivity contribution in [3.8, 4) is 0 Å². The Morgan fingerprint density at radius 2 is 1.14 bits per heavy atom. The van der Waals surface area contributed by atoms with E-state index < -0.39 is 12.2 Å². The van der Waals surface area contributed by atoms with Gasteiger partial charge in [0.05, 0.1) is 19.8 Å². The minimum Gasteiger partial charge on any atom is -0.450 e. The number of hydrogen-bond donors (Lipinski definition) is 1. The third-order valence-corrected chi connectivity index (χ3v) is 4.20. The van der Waals surface area contributed by atoms with Crippen LogP contribution in [0.2, 0.25) is 0 Å². The molecule has 0 unspecified atom stereocenters. The van der Waals surface area contributed by atoms with Crippen molar-refractivity contribution in [3.63, 3.8) is 0 Å². The molecule has 0 aromatic carbocycles. The molecule has 8 nitrogen and oxygen atoms in total. The lowest BCUT2D eigenvalue weighted by Gasteiger charge is -2.20. The molecular weight excluding hydrogens is 376 g/mol. The Morgan fingerprint density at radius 3 is 1.66 bits per heavy atom. The summed E-state index contributed by atoms with van der Waals surface area (Å²) in [7, 11) is 0. The first-order valence-electron chi connectivity index (χ1n) is 11.1. The molecule has 3 amide bonds. The molecule has 0 radical (unpaired) electrons. The summed E-state index contributed by atoms with van der Waals surface area (Å²) in [4.78, 5) is 36.8. The summed E-state index contributed by atoms with van der Waals surface area (Å²) in [6.45, 7) is 7.91. The first-order chi connectivity index (χ1) is 14.1. The maximum Gasteiger partial charge on any atom is 0.419 e. The highest BCUT2D eigenvalue weighted by Crippen LogP contribution is 2.07. The van der Waals surface area contributed by atoms with Gasteiger partial charge in [-0.25, -0.2) is 19.3 Å². The summed E-state index contributed by atoms with van der Waals surface area (Å²) < 4.78 is 15.3. The monoisotopic (exact) mass is 416 g/mol. The van der Waals surface area contributed by atoms with E-state index in [9.17, 15) is 14.4 Å². The number of nitrogens with zero attached hydrogens (tertiary/aromatic N) is 1. The molecule has 0 aromatic rings. The van der Waals surface area contributed by atoms with Crippen LogP contribution >= 0.6 is 0 Å². The Balaban J connectivity index is 4.09. The van der Waals surface area contributed by atoms with Gasteiger partial charge in [0.1, 0.15) is 0 Å². The van der Waals surface area contributed by atoms with Gasteiger partial charge in [0.25, 0.3) is 0 Å². The molecule has 29 heavy (non-hydrogen) atoms. The Kier molecular flexibility index (Phi) is 18.0. The van der Waals surface area contributed by atoms with Crippen molar-refractivity contribution >= 4 is 18.3 Å². The Bertz CT molecular complexity index is 423. The lowest BCUT2D eigenvalue weighted by atomic mass is 10.2. The van der Waals surface area contributed by atoms with E-state index in [4.69, 9.17) is 14.2 Å².